The van der Waals surface area contributed by atoms with Crippen molar-refractivity contribution in [1.29, 1.82) is 0 Å². The predicted octanol–water partition coefficient (Wildman–Crippen LogP) is 3.50. The molecule has 0 spiro atoms. The van der Waals surface area contributed by atoms with E-state index < -0.39 is 0 Å². The van der Waals surface area contributed by atoms with E-state index in [2.05, 4.69) is 22.0 Å². The first-order valence-electron chi connectivity index (χ1n) is 3.42. The highest BCUT2D eigenvalue weighted by Crippen LogP contribution is 2.28. The number of hydrogen-bond donors (Lipinski definition) is 0. The first kappa shape index (κ1) is 6.92. The Morgan fingerprint density at radius 1 is 1.27 bits per heavy atom. The van der Waals surface area contributed by atoms with E-state index in [9.17, 15) is 0 Å². The summed E-state index contributed by atoms with van der Waals surface area (Å²) in [5.74, 6) is 0. The van der Waals surface area contributed by atoms with Crippen LogP contribution in [0.2, 0.25) is 0 Å². The third-order valence-corrected chi connectivity index (χ3v) is 2.54. The van der Waals surface area contributed by atoms with E-state index in [1.807, 2.05) is 25.1 Å². The zero-order valence-electron chi connectivity index (χ0n) is 6.10. The van der Waals surface area contributed by atoms with Gasteiger partial charge in [0.1, 0.15) is 5.58 Å². The van der Waals surface area contributed by atoms with Gasteiger partial charge in [-0.2, -0.15) is 0 Å². The molecular formula is C9H7BrO. The van der Waals surface area contributed by atoms with Gasteiger partial charge in [0, 0.05) is 10.9 Å². The van der Waals surface area contributed by atoms with E-state index in [1.165, 1.54) is 10.9 Å². The van der Waals surface area contributed by atoms with Gasteiger partial charge in [-0.15, -0.1) is 0 Å². The second-order valence-electron chi connectivity index (χ2n) is 2.50. The highest BCUT2D eigenvalue weighted by Gasteiger charge is 2.05. The molecule has 56 valence electrons. The molecule has 1 aromatic heterocycles. The van der Waals surface area contributed by atoms with E-state index in [0.29, 0.717) is 0 Å². The minimum absolute atomic E-state index is 0.832. The Bertz CT molecular complexity index is 389. The van der Waals surface area contributed by atoms with Crippen LogP contribution in [0.5, 0.6) is 0 Å². The topological polar surface area (TPSA) is 13.1 Å². The molecule has 0 aliphatic carbocycles. The zero-order chi connectivity index (χ0) is 7.84. The average Bonchev–Trinajstić information content (AvgIpc) is 2.30. The van der Waals surface area contributed by atoms with Crippen LogP contribution >= 0.6 is 15.9 Å². The smallest absolute Gasteiger partial charge is 0.173 e. The number of para-hydroxylation sites is 1. The Morgan fingerprint density at radius 2 is 2.00 bits per heavy atom. The molecule has 0 aliphatic rings. The van der Waals surface area contributed by atoms with Gasteiger partial charge in [-0.1, -0.05) is 18.2 Å². The molecule has 0 saturated carbocycles. The van der Waals surface area contributed by atoms with Gasteiger partial charge in [0.2, 0.25) is 0 Å². The molecule has 2 aromatic rings. The van der Waals surface area contributed by atoms with Crippen LogP contribution in [-0.4, -0.2) is 0 Å². The molecule has 0 unspecified atom stereocenters. The lowest BCUT2D eigenvalue weighted by Crippen LogP contribution is -1.65. The number of furan rings is 1. The lowest BCUT2D eigenvalue weighted by Gasteiger charge is -1.84. The van der Waals surface area contributed by atoms with Gasteiger partial charge >= 0.3 is 0 Å². The fraction of sp³-hybridized carbons (Fsp3) is 0.111. The number of rotatable bonds is 0. The zero-order valence-corrected chi connectivity index (χ0v) is 7.68. The second-order valence-corrected chi connectivity index (χ2v) is 3.22. The fourth-order valence-electron chi connectivity index (χ4n) is 1.14. The third-order valence-electron chi connectivity index (χ3n) is 1.79. The second kappa shape index (κ2) is 2.38. The molecule has 0 aliphatic heterocycles. The monoisotopic (exact) mass is 210 g/mol. The Labute approximate surface area is 73.1 Å². The van der Waals surface area contributed by atoms with E-state index in [4.69, 9.17) is 4.42 Å². The summed E-state index contributed by atoms with van der Waals surface area (Å²) < 4.78 is 6.25. The van der Waals surface area contributed by atoms with Crippen LogP contribution < -0.4 is 0 Å². The first-order chi connectivity index (χ1) is 5.29. The number of fused-ring (bicyclic) bond motifs is 1. The van der Waals surface area contributed by atoms with E-state index in [1.54, 1.807) is 0 Å². The molecule has 1 heterocycles. The van der Waals surface area contributed by atoms with Gasteiger partial charge in [-0.25, -0.2) is 0 Å². The number of hydrogen-bond acceptors (Lipinski definition) is 1. The van der Waals surface area contributed by atoms with Gasteiger partial charge in [-0.05, 0) is 28.9 Å². The van der Waals surface area contributed by atoms with Crippen molar-refractivity contribution in [1.82, 2.24) is 0 Å². The molecule has 0 radical (unpaired) electrons. The van der Waals surface area contributed by atoms with E-state index in [-0.39, 0.29) is 0 Å². The molecule has 1 nitrogen and oxygen atoms in total. The van der Waals surface area contributed by atoms with Crippen molar-refractivity contribution in [3.05, 3.63) is 34.5 Å². The van der Waals surface area contributed by atoms with Crippen LogP contribution in [0.15, 0.2) is 33.4 Å². The maximum atomic E-state index is 5.42. The molecule has 11 heavy (non-hydrogen) atoms. The molecule has 0 amide bonds. The van der Waals surface area contributed by atoms with Crippen molar-refractivity contribution in [3.63, 3.8) is 0 Å². The van der Waals surface area contributed by atoms with E-state index in [0.717, 1.165) is 10.3 Å². The first-order valence-corrected chi connectivity index (χ1v) is 4.22. The predicted molar refractivity (Wildman–Crippen MR) is 48.7 cm³/mol. The quantitative estimate of drug-likeness (QED) is 0.649. The van der Waals surface area contributed by atoms with Crippen LogP contribution in [0.25, 0.3) is 11.0 Å². The molecular weight excluding hydrogens is 204 g/mol. The lowest BCUT2D eigenvalue weighted by atomic mass is 10.2. The Hall–Kier alpha value is -0.760. The molecule has 0 fully saturated rings. The van der Waals surface area contributed by atoms with Gasteiger partial charge in [0.05, 0.1) is 0 Å². The summed E-state index contributed by atoms with van der Waals surface area (Å²) in [5.41, 5.74) is 2.11. The lowest BCUT2D eigenvalue weighted by molar-refractivity contribution is 0.584. The summed E-state index contributed by atoms with van der Waals surface area (Å²) in [6.45, 7) is 2.04. The molecule has 0 atom stereocenters. The minimum atomic E-state index is 0.832. The van der Waals surface area contributed by atoms with Crippen molar-refractivity contribution in [2.75, 3.05) is 0 Å². The molecule has 1 aromatic carbocycles. The third kappa shape index (κ3) is 0.979. The van der Waals surface area contributed by atoms with Crippen LogP contribution in [0.3, 0.4) is 0 Å². The molecule has 2 rings (SSSR count). The van der Waals surface area contributed by atoms with Crippen LogP contribution in [0.1, 0.15) is 5.56 Å². The normalized spacial score (nSPS) is 10.7. The fourth-order valence-corrected chi connectivity index (χ4v) is 1.53. The van der Waals surface area contributed by atoms with Crippen molar-refractivity contribution in [2.24, 2.45) is 0 Å². The van der Waals surface area contributed by atoms with Crippen molar-refractivity contribution >= 4 is 26.9 Å². The molecule has 0 bridgehead atoms. The van der Waals surface area contributed by atoms with Crippen LogP contribution in [0, 0.1) is 6.92 Å². The largest absolute Gasteiger partial charge is 0.449 e. The highest BCUT2D eigenvalue weighted by atomic mass is 79.9. The van der Waals surface area contributed by atoms with Gasteiger partial charge < -0.3 is 4.42 Å². The molecule has 2 heteroatoms. The Morgan fingerprint density at radius 3 is 2.73 bits per heavy atom. The van der Waals surface area contributed by atoms with Crippen LogP contribution in [-0.2, 0) is 0 Å². The Kier molecular flexibility index (Phi) is 1.50. The average molecular weight is 211 g/mol. The highest BCUT2D eigenvalue weighted by molar-refractivity contribution is 9.10. The maximum absolute atomic E-state index is 5.42. The summed E-state index contributed by atoms with van der Waals surface area (Å²) in [5, 5.41) is 1.18. The summed E-state index contributed by atoms with van der Waals surface area (Å²) in [6.07, 6.45) is 0. The standard InChI is InChI=1S/C9H7BrO/c1-6-7-4-2-3-5-8(7)11-9(6)10/h2-5H,1H3. The summed E-state index contributed by atoms with van der Waals surface area (Å²) in [6, 6.07) is 8.00. The number of benzene rings is 1. The summed E-state index contributed by atoms with van der Waals surface area (Å²) >= 11 is 3.34. The molecule has 0 saturated heterocycles. The molecule has 0 N–H and O–H groups in total. The number of halogens is 1. The maximum Gasteiger partial charge on any atom is 0.173 e. The van der Waals surface area contributed by atoms with Crippen molar-refractivity contribution in [3.8, 4) is 0 Å². The Balaban J connectivity index is 2.92. The summed E-state index contributed by atoms with van der Waals surface area (Å²) in [7, 11) is 0. The number of aryl methyl sites for hydroxylation is 1. The summed E-state index contributed by atoms with van der Waals surface area (Å²) in [4.78, 5) is 0. The van der Waals surface area contributed by atoms with Crippen molar-refractivity contribution in [2.45, 2.75) is 6.92 Å². The van der Waals surface area contributed by atoms with Gasteiger partial charge in [0.15, 0.2) is 4.67 Å². The van der Waals surface area contributed by atoms with Gasteiger partial charge in [0.25, 0.3) is 0 Å². The minimum Gasteiger partial charge on any atom is -0.449 e. The van der Waals surface area contributed by atoms with Crippen LogP contribution in [0.4, 0.5) is 0 Å². The van der Waals surface area contributed by atoms with Crippen molar-refractivity contribution < 1.29 is 4.42 Å². The van der Waals surface area contributed by atoms with E-state index >= 15 is 0 Å². The SMILES string of the molecule is Cc1c(Br)oc2ccccc12. The van der Waals surface area contributed by atoms with Gasteiger partial charge in [-0.3, -0.25) is 0 Å².